The highest BCUT2D eigenvalue weighted by Gasteiger charge is 2.23. The van der Waals surface area contributed by atoms with Crippen molar-refractivity contribution in [3.63, 3.8) is 0 Å². The number of carbonyl (C=O) groups excluding carboxylic acids is 3. The van der Waals surface area contributed by atoms with E-state index >= 15 is 0 Å². The molecule has 0 bridgehead atoms. The average Bonchev–Trinajstić information content (AvgIpc) is 2.85. The van der Waals surface area contributed by atoms with Crippen LogP contribution in [0.25, 0.3) is 0 Å². The Kier molecular flexibility index (Phi) is 9.46. The molecule has 1 unspecified atom stereocenters. The van der Waals surface area contributed by atoms with Crippen molar-refractivity contribution >= 4 is 23.4 Å². The minimum Gasteiger partial charge on any atom is -0.493 e. The van der Waals surface area contributed by atoms with E-state index in [4.69, 9.17) is 9.47 Å². The molecular weight excluding hydrogens is 453 g/mol. The molecule has 0 spiro atoms. The van der Waals surface area contributed by atoms with Gasteiger partial charge < -0.3 is 25.0 Å². The quantitative estimate of drug-likeness (QED) is 0.387. The molecule has 1 heterocycles. The van der Waals surface area contributed by atoms with Crippen molar-refractivity contribution in [3.8, 4) is 11.5 Å². The number of urea groups is 1. The van der Waals surface area contributed by atoms with Gasteiger partial charge in [0, 0.05) is 37.3 Å². The minimum atomic E-state index is -0.417. The topological polar surface area (TPSA) is 97.0 Å². The van der Waals surface area contributed by atoms with E-state index in [1.807, 2.05) is 4.90 Å². The Balaban J connectivity index is 1.38. The molecule has 0 aliphatic carbocycles. The number of likely N-dealkylation sites (tertiary alicyclic amines) is 1. The van der Waals surface area contributed by atoms with Crippen LogP contribution in [0.5, 0.6) is 11.5 Å². The third-order valence-corrected chi connectivity index (χ3v) is 5.87. The molecule has 2 N–H and O–H groups in total. The summed E-state index contributed by atoms with van der Waals surface area (Å²) in [5, 5.41) is 5.42. The molecule has 1 fully saturated rings. The van der Waals surface area contributed by atoms with Gasteiger partial charge >= 0.3 is 6.03 Å². The van der Waals surface area contributed by atoms with E-state index in [9.17, 15) is 18.8 Å². The van der Waals surface area contributed by atoms with Crippen molar-refractivity contribution in [1.29, 1.82) is 0 Å². The molecule has 0 radical (unpaired) electrons. The number of halogens is 1. The lowest BCUT2D eigenvalue weighted by molar-refractivity contribution is -0.133. The zero-order valence-electron chi connectivity index (χ0n) is 20.1. The van der Waals surface area contributed by atoms with Gasteiger partial charge in [0.05, 0.1) is 13.7 Å². The second-order valence-corrected chi connectivity index (χ2v) is 8.57. The first-order chi connectivity index (χ1) is 16.9. The summed E-state index contributed by atoms with van der Waals surface area (Å²) in [7, 11) is 1.52. The van der Waals surface area contributed by atoms with Crippen molar-refractivity contribution in [1.82, 2.24) is 10.2 Å². The van der Waals surface area contributed by atoms with Crippen LogP contribution in [-0.4, -0.2) is 56.0 Å². The number of anilines is 1. The maximum absolute atomic E-state index is 13.3. The lowest BCUT2D eigenvalue weighted by Gasteiger charge is -2.33. The van der Waals surface area contributed by atoms with E-state index in [1.54, 1.807) is 24.3 Å². The van der Waals surface area contributed by atoms with Crippen LogP contribution >= 0.6 is 0 Å². The highest BCUT2D eigenvalue weighted by molar-refractivity contribution is 5.94. The van der Waals surface area contributed by atoms with Crippen molar-refractivity contribution in [2.45, 2.75) is 32.6 Å². The molecule has 1 aliphatic rings. The molecule has 8 nitrogen and oxygen atoms in total. The summed E-state index contributed by atoms with van der Waals surface area (Å²) in [5.41, 5.74) is 0.933. The molecule has 2 aromatic rings. The number of ketones is 1. The van der Waals surface area contributed by atoms with Gasteiger partial charge in [-0.25, -0.2) is 9.18 Å². The third kappa shape index (κ3) is 7.98. The smallest absolute Gasteiger partial charge is 0.319 e. The van der Waals surface area contributed by atoms with Gasteiger partial charge in [-0.2, -0.15) is 0 Å². The van der Waals surface area contributed by atoms with E-state index in [0.717, 1.165) is 12.8 Å². The Bertz CT molecular complexity index is 1050. The van der Waals surface area contributed by atoms with Gasteiger partial charge in [0.25, 0.3) is 0 Å². The normalized spacial score (nSPS) is 15.3. The molecule has 188 valence electrons. The monoisotopic (exact) mass is 485 g/mol. The summed E-state index contributed by atoms with van der Waals surface area (Å²) in [6.07, 6.45) is 2.70. The number of hydrogen-bond acceptors (Lipinski definition) is 5. The van der Waals surface area contributed by atoms with Crippen LogP contribution in [0.15, 0.2) is 42.5 Å². The Hall–Kier alpha value is -3.62. The van der Waals surface area contributed by atoms with Crippen LogP contribution in [0.3, 0.4) is 0 Å². The Morgan fingerprint density at radius 3 is 2.71 bits per heavy atom. The predicted octanol–water partition coefficient (Wildman–Crippen LogP) is 4.26. The summed E-state index contributed by atoms with van der Waals surface area (Å²) in [6.45, 7) is 3.56. The zero-order chi connectivity index (χ0) is 25.2. The van der Waals surface area contributed by atoms with Gasteiger partial charge in [-0.1, -0.05) is 6.07 Å². The maximum atomic E-state index is 13.3. The summed E-state index contributed by atoms with van der Waals surface area (Å²) < 4.78 is 24.3. The zero-order valence-corrected chi connectivity index (χ0v) is 20.1. The summed E-state index contributed by atoms with van der Waals surface area (Å²) in [5.74, 6) is 0.762. The summed E-state index contributed by atoms with van der Waals surface area (Å²) >= 11 is 0. The molecule has 9 heteroatoms. The molecule has 2 aromatic carbocycles. The number of benzene rings is 2. The Morgan fingerprint density at radius 1 is 1.14 bits per heavy atom. The second kappa shape index (κ2) is 12.7. The van der Waals surface area contributed by atoms with Crippen molar-refractivity contribution < 1.29 is 28.2 Å². The minimum absolute atomic E-state index is 0.0531. The largest absolute Gasteiger partial charge is 0.493 e. The number of carbonyl (C=O) groups is 3. The highest BCUT2D eigenvalue weighted by atomic mass is 19.1. The van der Waals surface area contributed by atoms with E-state index in [-0.39, 0.29) is 17.6 Å². The maximum Gasteiger partial charge on any atom is 0.319 e. The lowest BCUT2D eigenvalue weighted by Crippen LogP contribution is -2.44. The predicted molar refractivity (Wildman–Crippen MR) is 130 cm³/mol. The van der Waals surface area contributed by atoms with Crippen LogP contribution in [-0.2, 0) is 4.79 Å². The first kappa shape index (κ1) is 26.0. The SMILES string of the molecule is COc1cc(C(C)=O)ccc1OCCCC(=O)N1CCCC(CNC(=O)Nc2cccc(F)c2)C1. The molecule has 1 saturated heterocycles. The van der Waals surface area contributed by atoms with E-state index in [0.29, 0.717) is 61.8 Å². The van der Waals surface area contributed by atoms with Gasteiger partial charge in [-0.05, 0) is 68.5 Å². The van der Waals surface area contributed by atoms with Crippen LogP contribution < -0.4 is 20.1 Å². The first-order valence-corrected chi connectivity index (χ1v) is 11.8. The summed E-state index contributed by atoms with van der Waals surface area (Å²) in [6, 6.07) is 10.3. The third-order valence-electron chi connectivity index (χ3n) is 5.87. The van der Waals surface area contributed by atoms with Crippen LogP contribution in [0.1, 0.15) is 43.0 Å². The van der Waals surface area contributed by atoms with Crippen molar-refractivity contribution in [2.75, 3.05) is 38.7 Å². The fourth-order valence-corrected chi connectivity index (χ4v) is 4.01. The number of nitrogens with one attached hydrogen (secondary N) is 2. The van der Waals surface area contributed by atoms with E-state index in [2.05, 4.69) is 10.6 Å². The molecular formula is C26H32FN3O5. The number of amides is 3. The molecule has 0 aromatic heterocycles. The number of nitrogens with zero attached hydrogens (tertiary/aromatic N) is 1. The van der Waals surface area contributed by atoms with Gasteiger partial charge in [-0.3, -0.25) is 9.59 Å². The summed E-state index contributed by atoms with van der Waals surface area (Å²) in [4.78, 5) is 38.1. The van der Waals surface area contributed by atoms with Crippen molar-refractivity contribution in [2.24, 2.45) is 5.92 Å². The molecule has 1 aliphatic heterocycles. The fourth-order valence-electron chi connectivity index (χ4n) is 4.01. The number of ether oxygens (including phenoxy) is 2. The lowest BCUT2D eigenvalue weighted by atomic mass is 9.97. The van der Waals surface area contributed by atoms with Gasteiger partial charge in [0.15, 0.2) is 17.3 Å². The molecule has 0 saturated carbocycles. The Morgan fingerprint density at radius 2 is 1.97 bits per heavy atom. The number of rotatable bonds is 10. The Labute approximate surface area is 204 Å². The number of Topliss-reactive ketones (excluding diaryl/α,β-unsaturated/α-hetero) is 1. The van der Waals surface area contributed by atoms with E-state index < -0.39 is 11.8 Å². The average molecular weight is 486 g/mol. The number of piperidine rings is 1. The second-order valence-electron chi connectivity index (χ2n) is 8.57. The fraction of sp³-hybridized carbons (Fsp3) is 0.423. The van der Waals surface area contributed by atoms with Gasteiger partial charge in [0.2, 0.25) is 5.91 Å². The van der Waals surface area contributed by atoms with Crippen LogP contribution in [0, 0.1) is 11.7 Å². The highest BCUT2D eigenvalue weighted by Crippen LogP contribution is 2.28. The molecule has 3 rings (SSSR count). The van der Waals surface area contributed by atoms with Crippen LogP contribution in [0.4, 0.5) is 14.9 Å². The van der Waals surface area contributed by atoms with Crippen LogP contribution in [0.2, 0.25) is 0 Å². The number of methoxy groups -OCH3 is 1. The number of hydrogen-bond donors (Lipinski definition) is 2. The van der Waals surface area contributed by atoms with Crippen molar-refractivity contribution in [3.05, 3.63) is 53.8 Å². The standard InChI is InChI=1S/C26H32FN3O5/c1-18(31)20-10-11-23(24(14-20)34-2)35-13-5-9-25(32)30-12-4-6-19(17-30)16-28-26(33)29-22-8-3-7-21(27)15-22/h3,7-8,10-11,14-15,19H,4-6,9,12-13,16-17H2,1-2H3,(H2,28,29,33). The molecule has 3 amide bonds. The molecule has 1 atom stereocenters. The van der Waals surface area contributed by atoms with Gasteiger partial charge in [-0.15, -0.1) is 0 Å². The van der Waals surface area contributed by atoms with Gasteiger partial charge in [0.1, 0.15) is 5.82 Å². The molecule has 35 heavy (non-hydrogen) atoms. The van der Waals surface area contributed by atoms with E-state index in [1.165, 1.54) is 32.2 Å². The first-order valence-electron chi connectivity index (χ1n) is 11.8.